The summed E-state index contributed by atoms with van der Waals surface area (Å²) in [6.07, 6.45) is 4.58. The summed E-state index contributed by atoms with van der Waals surface area (Å²) in [4.78, 5) is 14.1. The molecule has 196 valence electrons. The van der Waals surface area contributed by atoms with Gasteiger partial charge in [0.05, 0.1) is 21.2 Å². The smallest absolute Gasteiger partial charge is 0.142 e. The molecule has 0 unspecified atom stereocenters. The molecule has 0 spiro atoms. The SMILES string of the molecule is C1=Nc2ccccc2SC(c2cc3ccccc3o2)=C1CC1=C(c2cc3ccccc3o2)Sc2ccccc2N=C1. The van der Waals surface area contributed by atoms with Crippen molar-refractivity contribution in [1.82, 2.24) is 0 Å². The van der Waals surface area contributed by atoms with Gasteiger partial charge in [0.2, 0.25) is 0 Å². The summed E-state index contributed by atoms with van der Waals surface area (Å²) in [6.45, 7) is 0. The summed E-state index contributed by atoms with van der Waals surface area (Å²) < 4.78 is 12.8. The summed E-state index contributed by atoms with van der Waals surface area (Å²) in [5.41, 5.74) is 5.76. The number of thioether (sulfide) groups is 2. The van der Waals surface area contributed by atoms with Crippen LogP contribution in [0.3, 0.4) is 0 Å². The molecule has 0 amide bonds. The van der Waals surface area contributed by atoms with Crippen LogP contribution < -0.4 is 0 Å². The van der Waals surface area contributed by atoms with Gasteiger partial charge in [-0.05, 0) is 59.7 Å². The van der Waals surface area contributed by atoms with E-state index in [1.165, 1.54) is 0 Å². The second-order valence-corrected chi connectivity index (χ2v) is 11.9. The van der Waals surface area contributed by atoms with Gasteiger partial charge in [0.25, 0.3) is 0 Å². The van der Waals surface area contributed by atoms with E-state index in [4.69, 9.17) is 18.8 Å². The topological polar surface area (TPSA) is 51.0 Å². The van der Waals surface area contributed by atoms with Gasteiger partial charge in [0.15, 0.2) is 0 Å². The van der Waals surface area contributed by atoms with Gasteiger partial charge in [-0.1, -0.05) is 84.2 Å². The Kier molecular flexibility index (Phi) is 6.01. The van der Waals surface area contributed by atoms with Gasteiger partial charge < -0.3 is 8.83 Å². The van der Waals surface area contributed by atoms with Crippen LogP contribution in [0.1, 0.15) is 17.9 Å². The molecule has 6 heteroatoms. The van der Waals surface area contributed by atoms with E-state index in [0.29, 0.717) is 6.42 Å². The maximum absolute atomic E-state index is 6.41. The molecule has 2 aliphatic heterocycles. The molecule has 41 heavy (non-hydrogen) atoms. The van der Waals surface area contributed by atoms with Crippen molar-refractivity contribution in [1.29, 1.82) is 0 Å². The lowest BCUT2D eigenvalue weighted by Crippen LogP contribution is -1.97. The minimum atomic E-state index is 0.605. The molecule has 0 fully saturated rings. The van der Waals surface area contributed by atoms with Crippen molar-refractivity contribution < 1.29 is 8.83 Å². The van der Waals surface area contributed by atoms with Gasteiger partial charge in [-0.3, -0.25) is 9.98 Å². The lowest BCUT2D eigenvalue weighted by molar-refractivity contribution is 0.602. The molecule has 4 nitrogen and oxygen atoms in total. The third-order valence-corrected chi connectivity index (χ3v) is 9.60. The summed E-state index contributed by atoms with van der Waals surface area (Å²) in [7, 11) is 0. The molecule has 0 N–H and O–H groups in total. The molecule has 4 aromatic carbocycles. The fourth-order valence-electron chi connectivity index (χ4n) is 5.13. The normalized spacial score (nSPS) is 14.8. The van der Waals surface area contributed by atoms with Crippen molar-refractivity contribution in [3.63, 3.8) is 0 Å². The molecule has 0 bridgehead atoms. The summed E-state index contributed by atoms with van der Waals surface area (Å²) >= 11 is 3.40. The molecule has 6 aromatic rings. The van der Waals surface area contributed by atoms with E-state index in [0.717, 1.165) is 75.6 Å². The minimum Gasteiger partial charge on any atom is -0.456 e. The number of hydrogen-bond acceptors (Lipinski definition) is 6. The fraction of sp³-hybridized carbons (Fsp3) is 0.0286. The highest BCUT2D eigenvalue weighted by molar-refractivity contribution is 8.08. The standard InChI is InChI=1S/C35H22N2O2S2/c1-5-13-28-22(9-1)18-30(38-28)34-24(20-36-26-11-3-7-15-32(26)40-34)17-25-21-37-27-12-4-8-16-33(27)41-35(25)31-19-23-10-2-6-14-29(23)39-31/h1-16,18-21H,17H2. The van der Waals surface area contributed by atoms with Crippen molar-refractivity contribution in [2.45, 2.75) is 16.2 Å². The van der Waals surface area contributed by atoms with Crippen LogP contribution in [0.5, 0.6) is 0 Å². The molecular formula is C35H22N2O2S2. The first-order valence-electron chi connectivity index (χ1n) is 13.3. The Bertz CT molecular complexity index is 1880. The summed E-state index contributed by atoms with van der Waals surface area (Å²) in [5.74, 6) is 1.67. The number of fused-ring (bicyclic) bond motifs is 4. The zero-order valence-electron chi connectivity index (χ0n) is 21.8. The minimum absolute atomic E-state index is 0.605. The highest BCUT2D eigenvalue weighted by atomic mass is 32.2. The molecule has 0 saturated heterocycles. The Balaban J connectivity index is 1.31. The van der Waals surface area contributed by atoms with Crippen LogP contribution >= 0.6 is 23.5 Å². The first-order chi connectivity index (χ1) is 20.3. The molecular weight excluding hydrogens is 545 g/mol. The Morgan fingerprint density at radius 1 is 0.512 bits per heavy atom. The third-order valence-electron chi connectivity index (χ3n) is 7.14. The van der Waals surface area contributed by atoms with Gasteiger partial charge in [0.1, 0.15) is 22.7 Å². The highest BCUT2D eigenvalue weighted by Crippen LogP contribution is 2.48. The van der Waals surface area contributed by atoms with Crippen LogP contribution in [0, 0.1) is 0 Å². The molecule has 4 heterocycles. The number of para-hydroxylation sites is 4. The van der Waals surface area contributed by atoms with Crippen LogP contribution in [0.4, 0.5) is 11.4 Å². The van der Waals surface area contributed by atoms with Crippen molar-refractivity contribution in [2.75, 3.05) is 0 Å². The number of benzene rings is 4. The average molecular weight is 567 g/mol. The number of nitrogens with zero attached hydrogens (tertiary/aromatic N) is 2. The molecule has 0 atom stereocenters. The van der Waals surface area contributed by atoms with Crippen LogP contribution in [0.25, 0.3) is 31.7 Å². The van der Waals surface area contributed by atoms with Gasteiger partial charge in [-0.25, -0.2) is 0 Å². The predicted octanol–water partition coefficient (Wildman–Crippen LogP) is 10.7. The Hall–Kier alpha value is -4.52. The van der Waals surface area contributed by atoms with E-state index in [-0.39, 0.29) is 0 Å². The first-order valence-corrected chi connectivity index (χ1v) is 15.0. The number of allylic oxidation sites excluding steroid dienone is 2. The zero-order chi connectivity index (χ0) is 27.2. The van der Waals surface area contributed by atoms with Gasteiger partial charge >= 0.3 is 0 Å². The largest absolute Gasteiger partial charge is 0.456 e. The molecule has 0 radical (unpaired) electrons. The van der Waals surface area contributed by atoms with Gasteiger partial charge in [0, 0.05) is 39.4 Å². The zero-order valence-corrected chi connectivity index (χ0v) is 23.4. The number of hydrogen-bond donors (Lipinski definition) is 0. The first kappa shape index (κ1) is 24.3. The Morgan fingerprint density at radius 3 is 1.44 bits per heavy atom. The molecule has 0 aliphatic carbocycles. The molecule has 2 aliphatic rings. The monoisotopic (exact) mass is 566 g/mol. The van der Waals surface area contributed by atoms with Crippen molar-refractivity contribution in [3.8, 4) is 0 Å². The lowest BCUT2D eigenvalue weighted by Gasteiger charge is -2.12. The maximum Gasteiger partial charge on any atom is 0.142 e. The second kappa shape index (κ2) is 10.1. The van der Waals surface area contributed by atoms with E-state index in [9.17, 15) is 0 Å². The number of rotatable bonds is 4. The van der Waals surface area contributed by atoms with E-state index >= 15 is 0 Å². The van der Waals surface area contributed by atoms with Crippen LogP contribution in [0.15, 0.2) is 149 Å². The summed E-state index contributed by atoms with van der Waals surface area (Å²) in [6, 6.07) is 37.0. The maximum atomic E-state index is 6.41. The van der Waals surface area contributed by atoms with E-state index in [2.05, 4.69) is 60.7 Å². The van der Waals surface area contributed by atoms with Crippen LogP contribution in [0.2, 0.25) is 0 Å². The predicted molar refractivity (Wildman–Crippen MR) is 172 cm³/mol. The van der Waals surface area contributed by atoms with Crippen molar-refractivity contribution >= 4 is 79.1 Å². The highest BCUT2D eigenvalue weighted by Gasteiger charge is 2.24. The van der Waals surface area contributed by atoms with Gasteiger partial charge in [-0.2, -0.15) is 0 Å². The van der Waals surface area contributed by atoms with E-state index < -0.39 is 0 Å². The lowest BCUT2D eigenvalue weighted by atomic mass is 10.0. The Morgan fingerprint density at radius 2 is 0.951 bits per heavy atom. The van der Waals surface area contributed by atoms with Crippen LogP contribution in [-0.4, -0.2) is 12.4 Å². The molecule has 0 saturated carbocycles. The van der Waals surface area contributed by atoms with Gasteiger partial charge in [-0.15, -0.1) is 0 Å². The average Bonchev–Trinajstić information content (AvgIpc) is 3.54. The van der Waals surface area contributed by atoms with Crippen LogP contribution in [-0.2, 0) is 0 Å². The quantitative estimate of drug-likeness (QED) is 0.213. The summed E-state index contributed by atoms with van der Waals surface area (Å²) in [5, 5.41) is 2.15. The van der Waals surface area contributed by atoms with Crippen molar-refractivity contribution in [3.05, 3.63) is 132 Å². The third kappa shape index (κ3) is 4.55. The molecule has 8 rings (SSSR count). The fourth-order valence-corrected chi connectivity index (χ4v) is 7.22. The molecule has 2 aromatic heterocycles. The van der Waals surface area contributed by atoms with Crippen molar-refractivity contribution in [2.24, 2.45) is 9.98 Å². The Labute approximate surface area is 245 Å². The number of furan rings is 2. The second-order valence-electron chi connectivity index (χ2n) is 9.84. The van der Waals surface area contributed by atoms with E-state index in [1.54, 1.807) is 23.5 Å². The van der Waals surface area contributed by atoms with E-state index in [1.807, 2.05) is 61.0 Å². The number of aliphatic imine (C=N–C) groups is 2.